The van der Waals surface area contributed by atoms with Gasteiger partial charge in [-0.1, -0.05) is 11.3 Å². The quantitative estimate of drug-likeness (QED) is 0.438. The zero-order valence-electron chi connectivity index (χ0n) is 15.9. The lowest BCUT2D eigenvalue weighted by Crippen LogP contribution is -2.06. The van der Waals surface area contributed by atoms with Gasteiger partial charge < -0.3 is 15.4 Å². The summed E-state index contributed by atoms with van der Waals surface area (Å²) in [5, 5.41) is 14.3. The molecule has 9 heteroatoms. The number of ether oxygens (including phenoxy) is 1. The molecule has 4 heterocycles. The second-order valence-corrected chi connectivity index (χ2v) is 7.23. The van der Waals surface area contributed by atoms with Gasteiger partial charge in [0.25, 0.3) is 0 Å². The Labute approximate surface area is 166 Å². The van der Waals surface area contributed by atoms with E-state index in [0.29, 0.717) is 6.61 Å². The van der Waals surface area contributed by atoms with Crippen LogP contribution >= 0.6 is 11.3 Å². The Morgan fingerprint density at radius 3 is 2.86 bits per heavy atom. The van der Waals surface area contributed by atoms with Crippen molar-refractivity contribution in [3.63, 3.8) is 0 Å². The lowest BCUT2D eigenvalue weighted by Gasteiger charge is -2.13. The molecule has 28 heavy (non-hydrogen) atoms. The zero-order chi connectivity index (χ0) is 19.5. The maximum absolute atomic E-state index is 5.24. The van der Waals surface area contributed by atoms with E-state index in [2.05, 4.69) is 30.8 Å². The number of methoxy groups -OCH3 is 1. The molecular weight excluding hydrogens is 374 g/mol. The summed E-state index contributed by atoms with van der Waals surface area (Å²) in [5.74, 6) is 0.772. The molecule has 0 amide bonds. The second-order valence-electron chi connectivity index (χ2n) is 6.25. The van der Waals surface area contributed by atoms with E-state index in [0.717, 1.165) is 55.9 Å². The number of pyridine rings is 2. The van der Waals surface area contributed by atoms with E-state index in [9.17, 15) is 0 Å². The fourth-order valence-corrected chi connectivity index (χ4v) is 3.86. The van der Waals surface area contributed by atoms with Gasteiger partial charge in [-0.05, 0) is 25.1 Å². The Bertz CT molecular complexity index is 1100. The monoisotopic (exact) mass is 395 g/mol. The third-order valence-corrected chi connectivity index (χ3v) is 5.35. The molecule has 0 aromatic carbocycles. The van der Waals surface area contributed by atoms with Gasteiger partial charge in [0, 0.05) is 49.3 Å². The molecule has 3 N–H and O–H groups in total. The number of H-pyrrole nitrogens is 1. The number of aromatic nitrogens is 5. The summed E-state index contributed by atoms with van der Waals surface area (Å²) in [6, 6.07) is 5.90. The van der Waals surface area contributed by atoms with E-state index in [4.69, 9.17) is 9.72 Å². The number of nitrogens with one attached hydrogen (secondary N) is 3. The predicted octanol–water partition coefficient (Wildman–Crippen LogP) is 3.76. The minimum Gasteiger partial charge on any atom is -0.388 e. The van der Waals surface area contributed by atoms with Crippen LogP contribution in [0.3, 0.4) is 0 Å². The second kappa shape index (κ2) is 7.91. The first-order valence-corrected chi connectivity index (χ1v) is 9.70. The lowest BCUT2D eigenvalue weighted by molar-refractivity contribution is 0.202. The third kappa shape index (κ3) is 3.54. The van der Waals surface area contributed by atoms with Crippen LogP contribution in [0.1, 0.15) is 11.3 Å². The molecule has 8 nitrogen and oxygen atoms in total. The van der Waals surface area contributed by atoms with Crippen molar-refractivity contribution >= 4 is 38.3 Å². The molecule has 0 aliphatic carbocycles. The van der Waals surface area contributed by atoms with Crippen LogP contribution in [-0.4, -0.2) is 45.9 Å². The molecule has 4 rings (SSSR count). The van der Waals surface area contributed by atoms with Gasteiger partial charge in [0.15, 0.2) is 5.13 Å². The van der Waals surface area contributed by atoms with Gasteiger partial charge in [-0.3, -0.25) is 5.10 Å². The van der Waals surface area contributed by atoms with Gasteiger partial charge >= 0.3 is 0 Å². The molecule has 0 aliphatic heterocycles. The van der Waals surface area contributed by atoms with Crippen molar-refractivity contribution < 1.29 is 4.74 Å². The maximum Gasteiger partial charge on any atom is 0.190 e. The first-order valence-electron chi connectivity index (χ1n) is 8.89. The normalized spacial score (nSPS) is 11.1. The van der Waals surface area contributed by atoms with E-state index < -0.39 is 0 Å². The van der Waals surface area contributed by atoms with Gasteiger partial charge in [-0.2, -0.15) is 5.10 Å². The topological polar surface area (TPSA) is 101 Å². The molecule has 0 bridgehead atoms. The van der Waals surface area contributed by atoms with Crippen molar-refractivity contribution in [2.75, 3.05) is 31.4 Å². The Morgan fingerprint density at radius 2 is 2.11 bits per heavy atom. The summed E-state index contributed by atoms with van der Waals surface area (Å²) in [4.78, 5) is 14.8. The number of aryl methyl sites for hydroxylation is 1. The average Bonchev–Trinajstić information content (AvgIpc) is 3.31. The standard InChI is InChI=1S/C19H21N7OS/c1-11-13(10-22-26-11)15-4-5-16-18(23-15)28-19(24-16)25-17-12(7-9-27-3)14(20-2)6-8-21-17/h4-6,8,10H,7,9H2,1-3H3,(H,22,26)(H2,20,21,24,25). The molecule has 0 saturated carbocycles. The summed E-state index contributed by atoms with van der Waals surface area (Å²) in [7, 11) is 3.59. The molecule has 0 aliphatic rings. The van der Waals surface area contributed by atoms with Crippen LogP contribution in [0.15, 0.2) is 30.6 Å². The number of anilines is 3. The van der Waals surface area contributed by atoms with Gasteiger partial charge in [-0.25, -0.2) is 15.0 Å². The van der Waals surface area contributed by atoms with Crippen molar-refractivity contribution in [3.05, 3.63) is 41.9 Å². The molecule has 0 fully saturated rings. The fourth-order valence-electron chi connectivity index (χ4n) is 3.02. The molecule has 0 spiro atoms. The van der Waals surface area contributed by atoms with Crippen LogP contribution in [0.2, 0.25) is 0 Å². The van der Waals surface area contributed by atoms with Crippen LogP contribution in [0.25, 0.3) is 21.6 Å². The summed E-state index contributed by atoms with van der Waals surface area (Å²) < 4.78 is 5.24. The minimum atomic E-state index is 0.615. The molecule has 0 atom stereocenters. The highest BCUT2D eigenvalue weighted by Crippen LogP contribution is 2.31. The summed E-state index contributed by atoms with van der Waals surface area (Å²) in [6.07, 6.45) is 4.31. The molecule has 0 unspecified atom stereocenters. The van der Waals surface area contributed by atoms with Crippen molar-refractivity contribution in [2.45, 2.75) is 13.3 Å². The van der Waals surface area contributed by atoms with Crippen molar-refractivity contribution in [1.29, 1.82) is 0 Å². The Hall–Kier alpha value is -3.04. The van der Waals surface area contributed by atoms with Crippen LogP contribution < -0.4 is 10.6 Å². The third-order valence-electron chi connectivity index (χ3n) is 4.47. The number of hydrogen-bond acceptors (Lipinski definition) is 8. The summed E-state index contributed by atoms with van der Waals surface area (Å²) in [6.45, 7) is 2.60. The number of aromatic amines is 1. The summed E-state index contributed by atoms with van der Waals surface area (Å²) >= 11 is 1.50. The van der Waals surface area contributed by atoms with Crippen LogP contribution in [0, 0.1) is 6.92 Å². The number of rotatable bonds is 7. The van der Waals surface area contributed by atoms with E-state index in [-0.39, 0.29) is 0 Å². The first-order chi connectivity index (χ1) is 13.7. The fraction of sp³-hybridized carbons (Fsp3) is 0.263. The van der Waals surface area contributed by atoms with Gasteiger partial charge in [0.1, 0.15) is 16.2 Å². The van der Waals surface area contributed by atoms with Gasteiger partial charge in [0.2, 0.25) is 0 Å². The number of fused-ring (bicyclic) bond motifs is 1. The number of thiazole rings is 1. The zero-order valence-corrected chi connectivity index (χ0v) is 16.7. The van der Waals surface area contributed by atoms with Crippen LogP contribution in [-0.2, 0) is 11.2 Å². The highest BCUT2D eigenvalue weighted by Gasteiger charge is 2.13. The molecule has 0 radical (unpaired) electrons. The summed E-state index contributed by atoms with van der Waals surface area (Å²) in [5.41, 5.74) is 5.80. The Balaban J connectivity index is 1.66. The number of nitrogens with zero attached hydrogens (tertiary/aromatic N) is 4. The van der Waals surface area contributed by atoms with Crippen LogP contribution in [0.5, 0.6) is 0 Å². The van der Waals surface area contributed by atoms with E-state index in [1.807, 2.05) is 32.2 Å². The molecule has 0 saturated heterocycles. The van der Waals surface area contributed by atoms with Gasteiger partial charge in [0.05, 0.1) is 18.5 Å². The number of hydrogen-bond donors (Lipinski definition) is 3. The lowest BCUT2D eigenvalue weighted by atomic mass is 10.1. The Morgan fingerprint density at radius 1 is 1.21 bits per heavy atom. The molecular formula is C19H21N7OS. The highest BCUT2D eigenvalue weighted by atomic mass is 32.1. The van der Waals surface area contributed by atoms with E-state index in [1.54, 1.807) is 19.5 Å². The molecule has 144 valence electrons. The van der Waals surface area contributed by atoms with Crippen LogP contribution in [0.4, 0.5) is 16.6 Å². The first kappa shape index (κ1) is 18.3. The molecule has 4 aromatic rings. The van der Waals surface area contributed by atoms with Crippen molar-refractivity contribution in [1.82, 2.24) is 25.1 Å². The van der Waals surface area contributed by atoms with E-state index in [1.165, 1.54) is 11.3 Å². The largest absolute Gasteiger partial charge is 0.388 e. The van der Waals surface area contributed by atoms with Crippen molar-refractivity contribution in [2.24, 2.45) is 0 Å². The Kier molecular flexibility index (Phi) is 5.18. The minimum absolute atomic E-state index is 0.615. The van der Waals surface area contributed by atoms with E-state index >= 15 is 0 Å². The smallest absolute Gasteiger partial charge is 0.190 e. The van der Waals surface area contributed by atoms with Crippen molar-refractivity contribution in [3.8, 4) is 11.3 Å². The predicted molar refractivity (Wildman–Crippen MR) is 112 cm³/mol. The average molecular weight is 395 g/mol. The maximum atomic E-state index is 5.24. The van der Waals surface area contributed by atoms with Gasteiger partial charge in [-0.15, -0.1) is 0 Å². The molecule has 4 aromatic heterocycles. The highest BCUT2D eigenvalue weighted by molar-refractivity contribution is 7.21. The SMILES string of the molecule is CNc1ccnc(Nc2nc3ccc(-c4cn[nH]c4C)nc3s2)c1CCOC.